The second-order valence-corrected chi connectivity index (χ2v) is 32.0. The Bertz CT molecular complexity index is 4330. The average molecular weight is 1520 g/mol. The molecule has 8 aromatic rings. The molecule has 2 unspecified atom stereocenters. The molecule has 0 saturated carbocycles. The van der Waals surface area contributed by atoms with Crippen LogP contribution in [-0.4, -0.2) is 72.2 Å². The van der Waals surface area contributed by atoms with Crippen molar-refractivity contribution in [2.45, 2.75) is 223 Å². The van der Waals surface area contributed by atoms with Gasteiger partial charge in [-0.15, -0.1) is 22.7 Å². The lowest BCUT2D eigenvalue weighted by Gasteiger charge is -2.29. The molecule has 12 nitrogen and oxygen atoms in total. The number of nitriles is 1. The number of benzene rings is 6. The maximum Gasteiger partial charge on any atom is 0.346 e. The van der Waals surface area contributed by atoms with Crippen molar-refractivity contribution in [3.05, 3.63) is 189 Å². The van der Waals surface area contributed by atoms with Gasteiger partial charge in [0.25, 0.3) is 11.8 Å². The van der Waals surface area contributed by atoms with Crippen LogP contribution in [0.15, 0.2) is 162 Å². The maximum absolute atomic E-state index is 15.9. The van der Waals surface area contributed by atoms with Gasteiger partial charge in [-0.05, 0) is 194 Å². The van der Waals surface area contributed by atoms with E-state index in [0.717, 1.165) is 220 Å². The largest absolute Gasteiger partial charge is 0.493 e. The predicted molar refractivity (Wildman–Crippen MR) is 458 cm³/mol. The van der Waals surface area contributed by atoms with Crippen LogP contribution >= 0.6 is 22.7 Å². The molecule has 2 aromatic heterocycles. The first-order valence-corrected chi connectivity index (χ1v) is 43.0. The number of aryl methyl sites for hydroxylation is 2. The third kappa shape index (κ3) is 21.3. The van der Waals surface area contributed by atoms with Gasteiger partial charge in [0.1, 0.15) is 34.6 Å². The highest BCUT2D eigenvalue weighted by molar-refractivity contribution is 7.17. The van der Waals surface area contributed by atoms with Gasteiger partial charge in [-0.1, -0.05) is 219 Å². The monoisotopic (exact) mass is 1520 g/mol. The molecule has 4 heterocycles. The smallest absolute Gasteiger partial charge is 0.346 e. The Morgan fingerprint density at radius 1 is 0.455 bits per heavy atom. The number of thiophene rings is 2. The van der Waals surface area contributed by atoms with Crippen LogP contribution in [0.2, 0.25) is 0 Å². The van der Waals surface area contributed by atoms with E-state index in [-0.39, 0.29) is 29.2 Å². The fourth-order valence-corrected chi connectivity index (χ4v) is 17.5. The minimum absolute atomic E-state index is 0.131. The van der Waals surface area contributed by atoms with Crippen LogP contribution in [0.25, 0.3) is 60.6 Å². The summed E-state index contributed by atoms with van der Waals surface area (Å²) in [6.07, 6.45) is 27.3. The normalized spacial score (nSPS) is 13.5. The highest BCUT2D eigenvalue weighted by atomic mass is 32.1. The van der Waals surface area contributed by atoms with E-state index in [2.05, 4.69) is 194 Å². The molecule has 2 aliphatic heterocycles. The van der Waals surface area contributed by atoms with E-state index in [0.29, 0.717) is 67.6 Å². The van der Waals surface area contributed by atoms with Crippen molar-refractivity contribution in [3.63, 3.8) is 0 Å². The van der Waals surface area contributed by atoms with Gasteiger partial charge in [0.05, 0.1) is 58.7 Å². The molecule has 0 saturated heterocycles. The first-order chi connectivity index (χ1) is 53.7. The van der Waals surface area contributed by atoms with Gasteiger partial charge in [-0.3, -0.25) is 9.59 Å². The summed E-state index contributed by atoms with van der Waals surface area (Å²) in [6, 6.07) is 53.0. The lowest BCUT2D eigenvalue weighted by molar-refractivity contribution is -0.132. The van der Waals surface area contributed by atoms with Crippen LogP contribution < -0.4 is 23.8 Å². The van der Waals surface area contributed by atoms with Crippen molar-refractivity contribution in [2.24, 2.45) is 11.8 Å². The fourth-order valence-electron chi connectivity index (χ4n) is 15.2. The first kappa shape index (κ1) is 83.3. The van der Waals surface area contributed by atoms with Gasteiger partial charge in [0.15, 0.2) is 0 Å². The number of amides is 2. The predicted octanol–water partition coefficient (Wildman–Crippen LogP) is 26.6. The summed E-state index contributed by atoms with van der Waals surface area (Å²) >= 11 is 3.19. The molecule has 1 N–H and O–H groups in total. The van der Waals surface area contributed by atoms with E-state index in [1.54, 1.807) is 22.7 Å². The Hall–Kier alpha value is -9.16. The molecule has 0 radical (unpaired) electrons. The van der Waals surface area contributed by atoms with Crippen molar-refractivity contribution in [2.75, 3.05) is 44.4 Å². The van der Waals surface area contributed by atoms with Crippen molar-refractivity contribution in [3.8, 4) is 72.2 Å². The van der Waals surface area contributed by atoms with Crippen molar-refractivity contribution in [1.82, 2.24) is 9.80 Å². The molecule has 0 fully saturated rings. The van der Waals surface area contributed by atoms with Gasteiger partial charge in [-0.2, -0.15) is 5.26 Å². The minimum Gasteiger partial charge on any atom is -0.493 e. The number of carbonyl (C=O) groups is 3. The fraction of sp³-hybridized carbons (Fsp3) is 0.438. The summed E-state index contributed by atoms with van der Waals surface area (Å²) in [4.78, 5) is 53.6. The average Bonchev–Trinajstić information content (AvgIpc) is 1.55. The van der Waals surface area contributed by atoms with Crippen molar-refractivity contribution in [1.29, 1.82) is 5.26 Å². The van der Waals surface area contributed by atoms with Crippen LogP contribution in [0, 0.1) is 37.0 Å². The highest BCUT2D eigenvalue weighted by Crippen LogP contribution is 2.52. The Morgan fingerprint density at radius 2 is 0.827 bits per heavy atom. The third-order valence-corrected chi connectivity index (χ3v) is 23.8. The number of aliphatic carboxylic acids is 1. The quantitative estimate of drug-likeness (QED) is 0.0223. The molecular formula is C96H118N4O8S2. The first-order valence-electron chi connectivity index (χ1n) is 41.4. The summed E-state index contributed by atoms with van der Waals surface area (Å²) in [7, 11) is 0. The number of anilines is 3. The molecule has 14 heteroatoms. The topological polar surface area (TPSA) is 142 Å². The van der Waals surface area contributed by atoms with E-state index < -0.39 is 5.97 Å². The lowest BCUT2D eigenvalue weighted by atomic mass is 9.97. The molecule has 0 spiro atoms. The van der Waals surface area contributed by atoms with Crippen LogP contribution in [0.5, 0.6) is 23.0 Å². The Labute approximate surface area is 664 Å². The molecule has 10 rings (SSSR count). The van der Waals surface area contributed by atoms with Crippen molar-refractivity contribution < 1.29 is 38.4 Å². The summed E-state index contributed by atoms with van der Waals surface area (Å²) in [5.74, 6) is 2.21. The minimum atomic E-state index is -1.27. The molecule has 582 valence electrons. The summed E-state index contributed by atoms with van der Waals surface area (Å²) < 4.78 is 25.9. The van der Waals surface area contributed by atoms with E-state index in [4.69, 9.17) is 18.9 Å². The molecule has 2 amide bonds. The zero-order valence-corrected chi connectivity index (χ0v) is 68.8. The number of carboxylic acid groups (broad SMARTS) is 1. The number of hydrogen-bond acceptors (Lipinski definition) is 11. The lowest BCUT2D eigenvalue weighted by Crippen LogP contribution is -2.34. The van der Waals surface area contributed by atoms with Gasteiger partial charge < -0.3 is 38.8 Å². The van der Waals surface area contributed by atoms with Gasteiger partial charge in [0, 0.05) is 63.2 Å². The zero-order chi connectivity index (χ0) is 77.9. The number of rotatable bonds is 47. The Kier molecular flexibility index (Phi) is 32.0. The number of carbonyl (C=O) groups excluding carboxylic acids is 2. The molecule has 0 bridgehead atoms. The standard InChI is InChI=1S/C96H118N4O8S2/c1-11-19-25-29-55-105-79-47-49-81(83(62-79)107-57-31-27-21-13-3)72-35-41-76(42-36-72)100(77-43-37-73(38-44-77)82-50-48-80(106-56-30-26-20-12-2)63-84(82)108-58-32-28-22-14-4)78-45-39-74(40-46-78)85-51-53-87(109-85)92-90-91(95(102)98(92)65-69(17-7)33-23-15-5)93(99(94(90)101)66-70(18-8)34-24-16-6)88-54-52-86(110-88)89-67(9)59-71(60-68(89)10)61-75(64-97)96(103)104/h35-54,59-63,69-70H,11-34,55-58,65-66H2,1-10H3,(H,103,104). The SMILES string of the molecule is CCCCCCOc1ccc(-c2ccc(N(c3ccc(-c4ccc(C5=C6C(=O)N(CC(CC)CCCC)C(c7ccc(-c8c(C)cc(C=C(C#N)C(=O)O)cc8C)s7)=C6C(=O)N5CC(CC)CCCC)s4)cc3)c3ccc(-c4ccc(OCCCCCC)cc4OCCCCCC)cc3)cc2)c(OCCCCCC)c1. The second-order valence-electron chi connectivity index (χ2n) is 29.9. The van der Waals surface area contributed by atoms with E-state index in [1.807, 2.05) is 41.8 Å². The summed E-state index contributed by atoms with van der Waals surface area (Å²) in [5.41, 5.74) is 13.6. The summed E-state index contributed by atoms with van der Waals surface area (Å²) in [6.45, 7) is 25.4. The molecule has 2 aliphatic rings. The summed E-state index contributed by atoms with van der Waals surface area (Å²) in [5, 5.41) is 19.3. The Balaban J connectivity index is 1.04. The van der Waals surface area contributed by atoms with Crippen LogP contribution in [0.4, 0.5) is 17.1 Å². The molecule has 110 heavy (non-hydrogen) atoms. The maximum atomic E-state index is 15.9. The molecule has 6 aromatic carbocycles. The van der Waals surface area contributed by atoms with Crippen LogP contribution in [0.3, 0.4) is 0 Å². The molecule has 0 aliphatic carbocycles. The van der Waals surface area contributed by atoms with Crippen LogP contribution in [-0.2, 0) is 14.4 Å². The zero-order valence-electron chi connectivity index (χ0n) is 67.2. The van der Waals surface area contributed by atoms with Gasteiger partial charge in [-0.25, -0.2) is 4.79 Å². The molecule has 2 atom stereocenters. The second kappa shape index (κ2) is 42.3. The van der Waals surface area contributed by atoms with E-state index >= 15 is 9.59 Å². The third-order valence-electron chi connectivity index (χ3n) is 21.5. The van der Waals surface area contributed by atoms with Crippen molar-refractivity contribution >= 4 is 75.0 Å². The van der Waals surface area contributed by atoms with Gasteiger partial charge >= 0.3 is 5.97 Å². The van der Waals surface area contributed by atoms with Crippen LogP contribution in [0.1, 0.15) is 236 Å². The van der Waals surface area contributed by atoms with E-state index in [1.165, 1.54) is 44.6 Å². The number of unbranched alkanes of at least 4 members (excludes halogenated alkanes) is 14. The number of hydrogen-bond donors (Lipinski definition) is 1. The molecular weight excluding hydrogens is 1400 g/mol. The van der Waals surface area contributed by atoms with E-state index in [9.17, 15) is 15.2 Å². The number of carboxylic acids is 1. The number of fused-ring (bicyclic) bond motifs is 1. The Morgan fingerprint density at radius 3 is 1.21 bits per heavy atom. The number of ether oxygens (including phenoxy) is 4. The number of nitrogens with zero attached hydrogens (tertiary/aromatic N) is 4. The van der Waals surface area contributed by atoms with Gasteiger partial charge in [0.2, 0.25) is 0 Å². The highest BCUT2D eigenvalue weighted by Gasteiger charge is 2.50.